The molecule has 0 spiro atoms. The first-order valence-corrected chi connectivity index (χ1v) is 7.89. The first-order chi connectivity index (χ1) is 11.9. The molecule has 1 aliphatic rings. The van der Waals surface area contributed by atoms with Crippen LogP contribution < -0.4 is 5.32 Å². The third-order valence-electron chi connectivity index (χ3n) is 4.17. The molecule has 1 N–H and O–H groups in total. The summed E-state index contributed by atoms with van der Waals surface area (Å²) in [5.41, 5.74) is 0.319. The summed E-state index contributed by atoms with van der Waals surface area (Å²) in [6.45, 7) is 2.85. The Balaban J connectivity index is 1.77. The van der Waals surface area contributed by atoms with E-state index in [4.69, 9.17) is 9.26 Å². The molecular weight excluding hydrogens is 337 g/mol. The van der Waals surface area contributed by atoms with Crippen molar-refractivity contribution in [2.24, 2.45) is 0 Å². The van der Waals surface area contributed by atoms with Crippen LogP contribution in [0.2, 0.25) is 0 Å². The number of ether oxygens (including phenoxy) is 1. The standard InChI is InChI=1S/C17H17F3N2O3/c1-10-14(16(23)21-13-6-8-24-9-7-13)22-25-15(10)11-2-4-12(5-3-11)17(18,19)20/h2-5,13H,6-9H2,1H3,(H,21,23). The molecule has 3 rings (SSSR count). The topological polar surface area (TPSA) is 64.4 Å². The van der Waals surface area contributed by atoms with Crippen LogP contribution >= 0.6 is 0 Å². The average molecular weight is 354 g/mol. The molecule has 1 aromatic carbocycles. The molecule has 2 heterocycles. The highest BCUT2D eigenvalue weighted by atomic mass is 19.4. The summed E-state index contributed by atoms with van der Waals surface area (Å²) < 4.78 is 48.3. The van der Waals surface area contributed by atoms with Crippen LogP contribution in [0.15, 0.2) is 28.8 Å². The highest BCUT2D eigenvalue weighted by Gasteiger charge is 2.30. The second-order valence-electron chi connectivity index (χ2n) is 5.92. The number of hydrogen-bond acceptors (Lipinski definition) is 4. The minimum absolute atomic E-state index is 0.0202. The van der Waals surface area contributed by atoms with Gasteiger partial charge in [-0.3, -0.25) is 4.79 Å². The molecule has 25 heavy (non-hydrogen) atoms. The van der Waals surface area contributed by atoms with Crippen molar-refractivity contribution in [1.82, 2.24) is 10.5 Å². The van der Waals surface area contributed by atoms with Crippen molar-refractivity contribution in [2.75, 3.05) is 13.2 Å². The average Bonchev–Trinajstić information content (AvgIpc) is 2.97. The molecule has 1 saturated heterocycles. The largest absolute Gasteiger partial charge is 0.416 e. The van der Waals surface area contributed by atoms with Gasteiger partial charge in [0.2, 0.25) is 0 Å². The summed E-state index contributed by atoms with van der Waals surface area (Å²) in [6, 6.07) is 4.57. The van der Waals surface area contributed by atoms with Gasteiger partial charge in [0, 0.05) is 30.4 Å². The Morgan fingerprint density at radius 1 is 1.20 bits per heavy atom. The number of benzene rings is 1. The van der Waals surface area contributed by atoms with E-state index in [1.54, 1.807) is 6.92 Å². The highest BCUT2D eigenvalue weighted by molar-refractivity contribution is 5.95. The molecule has 0 bridgehead atoms. The zero-order valence-electron chi connectivity index (χ0n) is 13.5. The van der Waals surface area contributed by atoms with Crippen molar-refractivity contribution in [3.63, 3.8) is 0 Å². The monoisotopic (exact) mass is 354 g/mol. The van der Waals surface area contributed by atoms with Gasteiger partial charge < -0.3 is 14.6 Å². The van der Waals surface area contributed by atoms with Gasteiger partial charge in [-0.15, -0.1) is 0 Å². The maximum atomic E-state index is 12.6. The Hall–Kier alpha value is -2.35. The predicted molar refractivity (Wildman–Crippen MR) is 83.0 cm³/mol. The maximum absolute atomic E-state index is 12.6. The number of alkyl halides is 3. The first-order valence-electron chi connectivity index (χ1n) is 7.89. The normalized spacial score (nSPS) is 16.0. The van der Waals surface area contributed by atoms with Gasteiger partial charge in [-0.25, -0.2) is 0 Å². The molecule has 0 atom stereocenters. The number of carbonyl (C=O) groups excluding carboxylic acids is 1. The molecule has 1 aromatic heterocycles. The number of rotatable bonds is 3. The Bertz CT molecular complexity index is 747. The Morgan fingerprint density at radius 3 is 2.44 bits per heavy atom. The molecule has 0 radical (unpaired) electrons. The molecule has 1 amide bonds. The van der Waals surface area contributed by atoms with Crippen LogP contribution in [-0.2, 0) is 10.9 Å². The number of amides is 1. The first kappa shape index (κ1) is 17.5. The molecule has 1 fully saturated rings. The lowest BCUT2D eigenvalue weighted by Gasteiger charge is -2.22. The Labute approximate surface area is 142 Å². The summed E-state index contributed by atoms with van der Waals surface area (Å²) in [6.07, 6.45) is -2.94. The molecule has 8 heteroatoms. The number of carbonyl (C=O) groups is 1. The third kappa shape index (κ3) is 3.84. The minimum atomic E-state index is -4.40. The second kappa shape index (κ2) is 6.87. The number of halogens is 3. The third-order valence-corrected chi connectivity index (χ3v) is 4.17. The quantitative estimate of drug-likeness (QED) is 0.915. The van der Waals surface area contributed by atoms with Crippen molar-refractivity contribution in [2.45, 2.75) is 32.0 Å². The molecule has 134 valence electrons. The number of nitrogens with one attached hydrogen (secondary N) is 1. The molecule has 0 saturated carbocycles. The van der Waals surface area contributed by atoms with E-state index in [9.17, 15) is 18.0 Å². The Kier molecular flexibility index (Phi) is 4.80. The van der Waals surface area contributed by atoms with Crippen molar-refractivity contribution in [3.05, 3.63) is 41.1 Å². The molecule has 1 aliphatic heterocycles. The van der Waals surface area contributed by atoms with Gasteiger partial charge in [-0.1, -0.05) is 17.3 Å². The fourth-order valence-corrected chi connectivity index (χ4v) is 2.72. The molecule has 0 aliphatic carbocycles. The van der Waals surface area contributed by atoms with Gasteiger partial charge in [0.1, 0.15) is 0 Å². The van der Waals surface area contributed by atoms with E-state index in [0.717, 1.165) is 25.0 Å². The summed E-state index contributed by atoms with van der Waals surface area (Å²) in [7, 11) is 0. The van der Waals surface area contributed by atoms with Crippen molar-refractivity contribution in [3.8, 4) is 11.3 Å². The molecular formula is C17H17F3N2O3. The Morgan fingerprint density at radius 2 is 1.84 bits per heavy atom. The zero-order valence-corrected chi connectivity index (χ0v) is 13.5. The lowest BCUT2D eigenvalue weighted by molar-refractivity contribution is -0.137. The maximum Gasteiger partial charge on any atom is 0.416 e. The summed E-state index contributed by atoms with van der Waals surface area (Å²) in [5.74, 6) is -0.0721. The van der Waals surface area contributed by atoms with E-state index in [2.05, 4.69) is 10.5 Å². The van der Waals surface area contributed by atoms with Crippen molar-refractivity contribution < 1.29 is 27.2 Å². The molecule has 5 nitrogen and oxygen atoms in total. The van der Waals surface area contributed by atoms with Gasteiger partial charge in [-0.05, 0) is 31.9 Å². The van der Waals surface area contributed by atoms with Gasteiger partial charge in [0.25, 0.3) is 5.91 Å². The van der Waals surface area contributed by atoms with E-state index in [-0.39, 0.29) is 23.4 Å². The summed E-state index contributed by atoms with van der Waals surface area (Å²) >= 11 is 0. The van der Waals surface area contributed by atoms with E-state index in [0.29, 0.717) is 24.3 Å². The van der Waals surface area contributed by atoms with E-state index in [1.807, 2.05) is 0 Å². The number of aromatic nitrogens is 1. The van der Waals surface area contributed by atoms with Crippen LogP contribution in [0.5, 0.6) is 0 Å². The number of nitrogens with zero attached hydrogens (tertiary/aromatic N) is 1. The van der Waals surface area contributed by atoms with Crippen molar-refractivity contribution >= 4 is 5.91 Å². The summed E-state index contributed by atoms with van der Waals surface area (Å²) in [5, 5.41) is 6.67. The lowest BCUT2D eigenvalue weighted by Crippen LogP contribution is -2.39. The molecule has 2 aromatic rings. The fraction of sp³-hybridized carbons (Fsp3) is 0.412. The summed E-state index contributed by atoms with van der Waals surface area (Å²) in [4.78, 5) is 12.3. The SMILES string of the molecule is Cc1c(C(=O)NC2CCOCC2)noc1-c1ccc(C(F)(F)F)cc1. The fourth-order valence-electron chi connectivity index (χ4n) is 2.72. The van der Waals surface area contributed by atoms with Crippen LogP contribution in [0, 0.1) is 6.92 Å². The van der Waals surface area contributed by atoms with Gasteiger partial charge in [0.05, 0.1) is 5.56 Å². The zero-order chi connectivity index (χ0) is 18.0. The van der Waals surface area contributed by atoms with Crippen LogP contribution in [-0.4, -0.2) is 30.3 Å². The van der Waals surface area contributed by atoms with E-state index in [1.165, 1.54) is 12.1 Å². The van der Waals surface area contributed by atoms with Gasteiger partial charge in [-0.2, -0.15) is 13.2 Å². The van der Waals surface area contributed by atoms with Gasteiger partial charge >= 0.3 is 6.18 Å². The highest BCUT2D eigenvalue weighted by Crippen LogP contribution is 2.32. The van der Waals surface area contributed by atoms with Crippen LogP contribution in [0.1, 0.15) is 34.5 Å². The minimum Gasteiger partial charge on any atom is -0.381 e. The van der Waals surface area contributed by atoms with Crippen LogP contribution in [0.25, 0.3) is 11.3 Å². The van der Waals surface area contributed by atoms with Gasteiger partial charge in [0.15, 0.2) is 11.5 Å². The lowest BCUT2D eigenvalue weighted by atomic mass is 10.0. The predicted octanol–water partition coefficient (Wildman–Crippen LogP) is 3.58. The second-order valence-corrected chi connectivity index (χ2v) is 5.92. The van der Waals surface area contributed by atoms with Crippen LogP contribution in [0.3, 0.4) is 0 Å². The van der Waals surface area contributed by atoms with E-state index < -0.39 is 11.7 Å². The number of hydrogen-bond donors (Lipinski definition) is 1. The van der Waals surface area contributed by atoms with Crippen LogP contribution in [0.4, 0.5) is 13.2 Å². The smallest absolute Gasteiger partial charge is 0.381 e. The molecule has 0 unspecified atom stereocenters. The van der Waals surface area contributed by atoms with E-state index >= 15 is 0 Å². The van der Waals surface area contributed by atoms with Crippen molar-refractivity contribution in [1.29, 1.82) is 0 Å².